The zero-order valence-electron chi connectivity index (χ0n) is 36.0. The molecule has 0 aliphatic carbocycles. The molecular weight excluding hydrogens is 617 g/mol. The second-order valence-electron chi connectivity index (χ2n) is 12.9. The van der Waals surface area contributed by atoms with Crippen molar-refractivity contribution in [1.29, 1.82) is 0 Å². The van der Waals surface area contributed by atoms with E-state index in [2.05, 4.69) is 97.1 Å². The zero-order chi connectivity index (χ0) is 41.3. The summed E-state index contributed by atoms with van der Waals surface area (Å²) in [6.07, 6.45) is 0. The van der Waals surface area contributed by atoms with Gasteiger partial charge in [0.15, 0.2) is 0 Å². The molecule has 1 heteroatoms. The first kappa shape index (κ1) is 20.7. The third-order valence-electron chi connectivity index (χ3n) is 10.1. The van der Waals surface area contributed by atoms with Crippen molar-refractivity contribution in [1.82, 2.24) is 0 Å². The predicted octanol–water partition coefficient (Wildman–Crippen LogP) is 14.4. The summed E-state index contributed by atoms with van der Waals surface area (Å²) in [7, 11) is 0. The van der Waals surface area contributed by atoms with E-state index >= 15 is 0 Å². The smallest absolute Gasteiger partial charge is 0.136 e. The molecule has 0 saturated heterocycles. The van der Waals surface area contributed by atoms with Gasteiger partial charge in [0.25, 0.3) is 0 Å². The van der Waals surface area contributed by atoms with Gasteiger partial charge in [-0.1, -0.05) is 158 Å². The quantitative estimate of drug-likeness (QED) is 0.173. The van der Waals surface area contributed by atoms with Crippen LogP contribution in [0.5, 0.6) is 0 Å². The summed E-state index contributed by atoms with van der Waals surface area (Å²) >= 11 is 0. The Morgan fingerprint density at radius 2 is 0.941 bits per heavy atom. The summed E-state index contributed by atoms with van der Waals surface area (Å²) < 4.78 is 85.7. The van der Waals surface area contributed by atoms with Gasteiger partial charge in [0.1, 0.15) is 11.2 Å². The first-order valence-corrected chi connectivity index (χ1v) is 16.9. The van der Waals surface area contributed by atoms with E-state index in [1.807, 2.05) is 30.3 Å². The Balaban J connectivity index is 1.24. The van der Waals surface area contributed by atoms with Crippen molar-refractivity contribution >= 4 is 75.8 Å². The van der Waals surface area contributed by atoms with Gasteiger partial charge in [-0.3, -0.25) is 0 Å². The van der Waals surface area contributed by atoms with Crippen LogP contribution in [-0.4, -0.2) is 0 Å². The lowest BCUT2D eigenvalue weighted by molar-refractivity contribution is 0.669. The summed E-state index contributed by atoms with van der Waals surface area (Å²) in [5.41, 5.74) is 4.80. The fourth-order valence-corrected chi connectivity index (χ4v) is 7.93. The third-order valence-corrected chi connectivity index (χ3v) is 10.1. The van der Waals surface area contributed by atoms with Crippen LogP contribution in [0.2, 0.25) is 0 Å². The maximum Gasteiger partial charge on any atom is 0.136 e. The lowest BCUT2D eigenvalue weighted by Gasteiger charge is -2.20. The fraction of sp³-hybridized carbons (Fsp3) is 0. The molecular formula is C50H30O. The van der Waals surface area contributed by atoms with Crippen LogP contribution in [-0.2, 0) is 0 Å². The highest BCUT2D eigenvalue weighted by Crippen LogP contribution is 2.47. The van der Waals surface area contributed by atoms with E-state index in [9.17, 15) is 2.74 Å². The average Bonchev–Trinajstić information content (AvgIpc) is 3.68. The molecule has 0 atom stereocenters. The molecule has 10 aromatic carbocycles. The molecule has 236 valence electrons. The average molecular weight is 656 g/mol. The Bertz CT molecular complexity index is 3660. The molecule has 1 aromatic heterocycles. The monoisotopic (exact) mass is 655 g/mol. The number of fused-ring (bicyclic) bond motifs is 8. The van der Waals surface area contributed by atoms with Gasteiger partial charge in [-0.05, 0) is 111 Å². The predicted molar refractivity (Wildman–Crippen MR) is 218 cm³/mol. The maximum absolute atomic E-state index is 9.38. The van der Waals surface area contributed by atoms with E-state index in [4.69, 9.17) is 14.0 Å². The molecule has 11 aromatic rings. The van der Waals surface area contributed by atoms with E-state index in [0.717, 1.165) is 65.3 Å². The number of rotatable bonds is 3. The molecule has 0 N–H and O–H groups in total. The highest BCUT2D eigenvalue weighted by atomic mass is 16.3. The van der Waals surface area contributed by atoms with Crippen molar-refractivity contribution in [3.05, 3.63) is 182 Å². The SMILES string of the molecule is [2H]c1c([2H])c(-c2ccc3cccc(-c4c5ccccc5c(-c5cccc6ccccc56)c5ccccc45)c3c2)c2c(oc3c([2H])c4c([2H])c([2H])c([2H])c([2H])c4c([2H])c32)c1[2H]. The standard InChI is InChI=1S/C50H30O/c1-2-14-34-30-47-45(28-33(34)13-1)50-37(22-11-25-46(50)51-47)35-27-26-32-16-10-24-43(44(32)29-35)49-41-20-7-5-18-39(41)48(40-19-6-8-21-42(40)49)38-23-9-15-31-12-3-4-17-36(31)38/h1-30H/i1D,2D,11D,13D,14D,22D,25D,28D,30D. The maximum atomic E-state index is 9.38. The minimum Gasteiger partial charge on any atom is -0.456 e. The van der Waals surface area contributed by atoms with Crippen LogP contribution in [0.15, 0.2) is 186 Å². The van der Waals surface area contributed by atoms with Gasteiger partial charge in [-0.15, -0.1) is 0 Å². The van der Waals surface area contributed by atoms with E-state index in [0.29, 0.717) is 5.56 Å². The molecule has 0 fully saturated rings. The second-order valence-corrected chi connectivity index (χ2v) is 12.9. The molecule has 0 saturated carbocycles. The minimum absolute atomic E-state index is 0.0546. The van der Waals surface area contributed by atoms with Crippen molar-refractivity contribution in [2.45, 2.75) is 0 Å². The second kappa shape index (κ2) is 10.9. The number of benzene rings is 10. The van der Waals surface area contributed by atoms with Gasteiger partial charge in [-0.2, -0.15) is 0 Å². The van der Waals surface area contributed by atoms with Crippen LogP contribution < -0.4 is 0 Å². The Labute approximate surface area is 307 Å². The largest absolute Gasteiger partial charge is 0.456 e. The van der Waals surface area contributed by atoms with Gasteiger partial charge in [-0.25, -0.2) is 0 Å². The van der Waals surface area contributed by atoms with Crippen LogP contribution >= 0.6 is 0 Å². The van der Waals surface area contributed by atoms with Crippen LogP contribution in [0.3, 0.4) is 0 Å². The molecule has 0 bridgehead atoms. The number of hydrogen-bond acceptors (Lipinski definition) is 1. The molecule has 0 radical (unpaired) electrons. The Morgan fingerprint density at radius 1 is 0.373 bits per heavy atom. The lowest BCUT2D eigenvalue weighted by Crippen LogP contribution is -1.92. The van der Waals surface area contributed by atoms with Crippen LogP contribution in [0.4, 0.5) is 0 Å². The Kier molecular flexibility index (Phi) is 4.43. The molecule has 1 nitrogen and oxygen atoms in total. The van der Waals surface area contributed by atoms with Gasteiger partial charge < -0.3 is 4.42 Å². The third kappa shape index (κ3) is 4.22. The summed E-state index contributed by atoms with van der Waals surface area (Å²) in [6, 6.07) is 40.0. The van der Waals surface area contributed by atoms with Crippen molar-refractivity contribution < 1.29 is 16.8 Å². The van der Waals surface area contributed by atoms with Gasteiger partial charge in [0.2, 0.25) is 0 Å². The molecule has 0 spiro atoms. The summed E-state index contributed by atoms with van der Waals surface area (Å²) in [5, 5.41) is 8.37. The topological polar surface area (TPSA) is 13.1 Å². The molecule has 51 heavy (non-hydrogen) atoms. The normalized spacial score (nSPS) is 14.4. The first-order valence-electron chi connectivity index (χ1n) is 21.4. The van der Waals surface area contributed by atoms with Crippen LogP contribution in [0.1, 0.15) is 12.3 Å². The molecule has 1 heterocycles. The highest BCUT2D eigenvalue weighted by molar-refractivity contribution is 6.25. The van der Waals surface area contributed by atoms with Crippen molar-refractivity contribution in [3.63, 3.8) is 0 Å². The fourth-order valence-electron chi connectivity index (χ4n) is 7.93. The Hall–Kier alpha value is -6.70. The highest BCUT2D eigenvalue weighted by Gasteiger charge is 2.20. The van der Waals surface area contributed by atoms with E-state index < -0.39 is 30.2 Å². The molecule has 0 unspecified atom stereocenters. The minimum atomic E-state index is -0.532. The summed E-state index contributed by atoms with van der Waals surface area (Å²) in [4.78, 5) is 0. The molecule has 11 rings (SSSR count). The van der Waals surface area contributed by atoms with Gasteiger partial charge in [0, 0.05) is 10.8 Å². The van der Waals surface area contributed by atoms with E-state index in [1.54, 1.807) is 0 Å². The number of hydrogen-bond donors (Lipinski definition) is 0. The van der Waals surface area contributed by atoms with Crippen LogP contribution in [0.25, 0.3) is 109 Å². The lowest BCUT2D eigenvalue weighted by atomic mass is 9.83. The van der Waals surface area contributed by atoms with E-state index in [1.165, 1.54) is 0 Å². The number of furan rings is 1. The zero-order valence-corrected chi connectivity index (χ0v) is 27.0. The van der Waals surface area contributed by atoms with Crippen molar-refractivity contribution in [2.75, 3.05) is 0 Å². The molecule has 0 aliphatic rings. The van der Waals surface area contributed by atoms with E-state index in [-0.39, 0.29) is 62.4 Å². The van der Waals surface area contributed by atoms with Crippen LogP contribution in [0, 0.1) is 0 Å². The first-order chi connectivity index (χ1) is 29.1. The summed E-state index contributed by atoms with van der Waals surface area (Å²) in [6.45, 7) is 0. The van der Waals surface area contributed by atoms with Gasteiger partial charge in [0.05, 0.1) is 12.3 Å². The van der Waals surface area contributed by atoms with Crippen molar-refractivity contribution in [2.24, 2.45) is 0 Å². The molecule has 0 aliphatic heterocycles. The van der Waals surface area contributed by atoms with Crippen molar-refractivity contribution in [3.8, 4) is 33.4 Å². The summed E-state index contributed by atoms with van der Waals surface area (Å²) in [5.74, 6) is 0. The Morgan fingerprint density at radius 3 is 1.63 bits per heavy atom. The van der Waals surface area contributed by atoms with Gasteiger partial charge >= 0.3 is 0 Å². The molecule has 0 amide bonds.